The lowest BCUT2D eigenvalue weighted by molar-refractivity contribution is -0.132. The fraction of sp³-hybridized carbons (Fsp3) is 0.571. The van der Waals surface area contributed by atoms with Gasteiger partial charge in [-0.25, -0.2) is 4.79 Å². The summed E-state index contributed by atoms with van der Waals surface area (Å²) < 4.78 is 0. The molecule has 1 unspecified atom stereocenters. The summed E-state index contributed by atoms with van der Waals surface area (Å²) in [5.74, 6) is -0.0497. The molecule has 3 aliphatic rings. The van der Waals surface area contributed by atoms with Crippen molar-refractivity contribution < 1.29 is 14.4 Å². The number of rotatable bonds is 3. The summed E-state index contributed by atoms with van der Waals surface area (Å²) in [5, 5.41) is 2.98. The summed E-state index contributed by atoms with van der Waals surface area (Å²) in [6.45, 7) is 2.87. The number of nitrogens with zero attached hydrogens (tertiary/aromatic N) is 2. The van der Waals surface area contributed by atoms with Gasteiger partial charge in [0.15, 0.2) is 0 Å². The molecule has 6 nitrogen and oxygen atoms in total. The van der Waals surface area contributed by atoms with Crippen molar-refractivity contribution in [2.24, 2.45) is 5.92 Å². The van der Waals surface area contributed by atoms with Crippen LogP contribution in [-0.4, -0.2) is 41.4 Å². The molecule has 2 saturated heterocycles. The Hall–Kier alpha value is -2.37. The van der Waals surface area contributed by atoms with Crippen LogP contribution in [0.4, 0.5) is 10.5 Å². The predicted molar refractivity (Wildman–Crippen MR) is 102 cm³/mol. The van der Waals surface area contributed by atoms with Crippen LogP contribution >= 0.6 is 0 Å². The molecular formula is C21H27N3O3. The van der Waals surface area contributed by atoms with Crippen LogP contribution in [0.5, 0.6) is 0 Å². The number of amides is 4. The molecule has 1 aliphatic carbocycles. The van der Waals surface area contributed by atoms with Crippen LogP contribution < -0.4 is 10.2 Å². The number of carbonyl (C=O) groups is 3. The van der Waals surface area contributed by atoms with E-state index < -0.39 is 5.54 Å². The number of benzene rings is 1. The Balaban J connectivity index is 1.46. The molecule has 1 atom stereocenters. The first-order valence-corrected chi connectivity index (χ1v) is 10.00. The molecule has 144 valence electrons. The number of hydrogen-bond acceptors (Lipinski definition) is 3. The van der Waals surface area contributed by atoms with Crippen molar-refractivity contribution in [3.63, 3.8) is 0 Å². The average molecular weight is 369 g/mol. The van der Waals surface area contributed by atoms with E-state index in [0.717, 1.165) is 49.8 Å². The van der Waals surface area contributed by atoms with E-state index in [4.69, 9.17) is 0 Å². The van der Waals surface area contributed by atoms with Gasteiger partial charge in [0.05, 0.1) is 0 Å². The van der Waals surface area contributed by atoms with Gasteiger partial charge < -0.3 is 10.2 Å². The second-order valence-corrected chi connectivity index (χ2v) is 8.26. The van der Waals surface area contributed by atoms with Gasteiger partial charge in [-0.2, -0.15) is 0 Å². The maximum atomic E-state index is 13.1. The Morgan fingerprint density at radius 2 is 1.85 bits per heavy atom. The molecule has 2 aliphatic heterocycles. The van der Waals surface area contributed by atoms with Gasteiger partial charge >= 0.3 is 6.03 Å². The molecule has 1 spiro atoms. The summed E-state index contributed by atoms with van der Waals surface area (Å²) in [7, 11) is 0. The van der Waals surface area contributed by atoms with E-state index in [2.05, 4.69) is 5.32 Å². The zero-order chi connectivity index (χ0) is 19.0. The third kappa shape index (κ3) is 3.33. The van der Waals surface area contributed by atoms with Crippen LogP contribution in [0.25, 0.3) is 0 Å². The van der Waals surface area contributed by atoms with Gasteiger partial charge in [-0.05, 0) is 37.5 Å². The number of carbonyl (C=O) groups excluding carboxylic acids is 3. The number of urea groups is 1. The average Bonchev–Trinajstić information content (AvgIpc) is 2.98. The maximum Gasteiger partial charge on any atom is 0.325 e. The van der Waals surface area contributed by atoms with E-state index in [-0.39, 0.29) is 23.8 Å². The van der Waals surface area contributed by atoms with Crippen molar-refractivity contribution in [2.45, 2.75) is 57.4 Å². The van der Waals surface area contributed by atoms with Gasteiger partial charge in [-0.1, -0.05) is 37.8 Å². The first-order chi connectivity index (χ1) is 13.0. The number of anilines is 1. The van der Waals surface area contributed by atoms with Crippen molar-refractivity contribution in [3.05, 3.63) is 29.8 Å². The van der Waals surface area contributed by atoms with E-state index in [1.54, 1.807) is 4.90 Å². The maximum absolute atomic E-state index is 13.1. The summed E-state index contributed by atoms with van der Waals surface area (Å²) in [6, 6.07) is 7.58. The summed E-state index contributed by atoms with van der Waals surface area (Å²) in [4.78, 5) is 41.2. The van der Waals surface area contributed by atoms with Gasteiger partial charge in [0, 0.05) is 31.1 Å². The van der Waals surface area contributed by atoms with Crippen molar-refractivity contribution in [1.29, 1.82) is 0 Å². The first-order valence-electron chi connectivity index (χ1n) is 10.00. The minimum absolute atomic E-state index is 0.0198. The number of imide groups is 1. The number of hydrogen-bond donors (Lipinski definition) is 1. The van der Waals surface area contributed by atoms with Crippen molar-refractivity contribution in [1.82, 2.24) is 10.2 Å². The van der Waals surface area contributed by atoms with Crippen LogP contribution in [-0.2, 0) is 9.59 Å². The molecule has 0 bridgehead atoms. The summed E-state index contributed by atoms with van der Waals surface area (Å²) >= 11 is 0. The van der Waals surface area contributed by atoms with Crippen LogP contribution in [0, 0.1) is 12.8 Å². The third-order valence-electron chi connectivity index (χ3n) is 6.16. The molecular weight excluding hydrogens is 342 g/mol. The highest BCUT2D eigenvalue weighted by Gasteiger charge is 2.51. The van der Waals surface area contributed by atoms with E-state index in [1.165, 1.54) is 4.90 Å². The monoisotopic (exact) mass is 369 g/mol. The zero-order valence-electron chi connectivity index (χ0n) is 15.9. The third-order valence-corrected chi connectivity index (χ3v) is 6.16. The van der Waals surface area contributed by atoms with Gasteiger partial charge in [-0.3, -0.25) is 14.5 Å². The Morgan fingerprint density at radius 1 is 1.11 bits per heavy atom. The van der Waals surface area contributed by atoms with Crippen molar-refractivity contribution in [2.75, 3.05) is 18.0 Å². The van der Waals surface area contributed by atoms with Gasteiger partial charge in [-0.15, -0.1) is 0 Å². The van der Waals surface area contributed by atoms with Gasteiger partial charge in [0.25, 0.3) is 5.91 Å². The minimum Gasteiger partial charge on any atom is -0.323 e. The zero-order valence-corrected chi connectivity index (χ0v) is 15.9. The SMILES string of the molecule is Cc1cccc(N2CC(CN3C(=O)NC4(CCCCCC4)C3=O)CC2=O)c1. The highest BCUT2D eigenvalue weighted by Crippen LogP contribution is 2.34. The van der Waals surface area contributed by atoms with E-state index in [0.29, 0.717) is 19.5 Å². The van der Waals surface area contributed by atoms with Crippen LogP contribution in [0.2, 0.25) is 0 Å². The lowest BCUT2D eigenvalue weighted by Crippen LogP contribution is -2.46. The normalized spacial score (nSPS) is 25.2. The molecule has 4 amide bonds. The fourth-order valence-corrected chi connectivity index (χ4v) is 4.72. The Kier molecular flexibility index (Phi) is 4.66. The largest absolute Gasteiger partial charge is 0.325 e. The fourth-order valence-electron chi connectivity index (χ4n) is 4.72. The van der Waals surface area contributed by atoms with Crippen LogP contribution in [0.1, 0.15) is 50.5 Å². The smallest absolute Gasteiger partial charge is 0.323 e. The summed E-state index contributed by atoms with van der Waals surface area (Å²) in [5.41, 5.74) is 1.29. The quantitative estimate of drug-likeness (QED) is 0.833. The van der Waals surface area contributed by atoms with Crippen LogP contribution in [0.3, 0.4) is 0 Å². The van der Waals surface area contributed by atoms with Gasteiger partial charge in [0.2, 0.25) is 5.91 Å². The Labute approximate surface area is 159 Å². The number of nitrogens with one attached hydrogen (secondary N) is 1. The minimum atomic E-state index is -0.702. The second-order valence-electron chi connectivity index (χ2n) is 8.26. The van der Waals surface area contributed by atoms with Crippen LogP contribution in [0.15, 0.2) is 24.3 Å². The number of aryl methyl sites for hydroxylation is 1. The second kappa shape index (κ2) is 6.98. The lowest BCUT2D eigenvalue weighted by Gasteiger charge is -2.25. The summed E-state index contributed by atoms with van der Waals surface area (Å²) in [6.07, 6.45) is 6.02. The Morgan fingerprint density at radius 3 is 2.56 bits per heavy atom. The van der Waals surface area contributed by atoms with E-state index in [1.807, 2.05) is 31.2 Å². The topological polar surface area (TPSA) is 69.7 Å². The van der Waals surface area contributed by atoms with E-state index >= 15 is 0 Å². The highest BCUT2D eigenvalue weighted by atomic mass is 16.2. The van der Waals surface area contributed by atoms with Gasteiger partial charge in [0.1, 0.15) is 5.54 Å². The molecule has 0 aromatic heterocycles. The molecule has 4 rings (SSSR count). The molecule has 27 heavy (non-hydrogen) atoms. The molecule has 1 N–H and O–H groups in total. The van der Waals surface area contributed by atoms with E-state index in [9.17, 15) is 14.4 Å². The standard InChI is InChI=1S/C21H27N3O3/c1-15-7-6-8-17(11-15)23-13-16(12-18(23)25)14-24-19(26)21(22-20(24)27)9-4-2-3-5-10-21/h6-8,11,16H,2-5,9-10,12-14H2,1H3,(H,22,27). The Bertz CT molecular complexity index is 768. The highest BCUT2D eigenvalue weighted by molar-refractivity contribution is 6.07. The molecule has 6 heteroatoms. The first kappa shape index (κ1) is 18.0. The predicted octanol–water partition coefficient (Wildman–Crippen LogP) is 2.99. The molecule has 1 aromatic rings. The lowest BCUT2D eigenvalue weighted by atomic mass is 9.90. The molecule has 3 fully saturated rings. The molecule has 0 radical (unpaired) electrons. The van der Waals surface area contributed by atoms with Crippen molar-refractivity contribution >= 4 is 23.5 Å². The molecule has 2 heterocycles. The molecule has 1 saturated carbocycles. The molecule has 1 aromatic carbocycles. The van der Waals surface area contributed by atoms with Crippen molar-refractivity contribution in [3.8, 4) is 0 Å².